The van der Waals surface area contributed by atoms with E-state index in [0.29, 0.717) is 6.04 Å². The fraction of sp³-hybridized carbons (Fsp3) is 0.929. The molecule has 0 bridgehead atoms. The van der Waals surface area contributed by atoms with Gasteiger partial charge in [0.2, 0.25) is 0 Å². The van der Waals surface area contributed by atoms with Crippen LogP contribution in [-0.2, 0) is 4.74 Å². The number of hydrogen-bond acceptors (Lipinski definition) is 5. The topological polar surface area (TPSA) is 51.5 Å². The van der Waals surface area contributed by atoms with Crippen LogP contribution in [0.25, 0.3) is 0 Å². The second kappa shape index (κ2) is 6.67. The molecule has 0 aromatic heterocycles. The lowest BCUT2D eigenvalue weighted by Gasteiger charge is -2.33. The first-order chi connectivity index (χ1) is 9.17. The molecule has 5 heteroatoms. The Morgan fingerprint density at radius 1 is 1.37 bits per heavy atom. The van der Waals surface area contributed by atoms with Crippen molar-refractivity contribution in [1.29, 1.82) is 5.26 Å². The molecule has 108 valence electrons. The van der Waals surface area contributed by atoms with Gasteiger partial charge >= 0.3 is 0 Å². The second-order valence-electron chi connectivity index (χ2n) is 5.80. The van der Waals surface area contributed by atoms with E-state index >= 15 is 0 Å². The molecule has 2 saturated heterocycles. The minimum absolute atomic E-state index is 0.422. The first-order valence-corrected chi connectivity index (χ1v) is 7.37. The smallest absolute Gasteiger partial charge is 0.116 e. The highest BCUT2D eigenvalue weighted by Gasteiger charge is 2.33. The van der Waals surface area contributed by atoms with Crippen LogP contribution < -0.4 is 5.32 Å². The van der Waals surface area contributed by atoms with E-state index in [1.165, 1.54) is 6.42 Å². The maximum absolute atomic E-state index is 9.33. The monoisotopic (exact) mass is 266 g/mol. The summed E-state index contributed by atoms with van der Waals surface area (Å²) >= 11 is 0. The quantitative estimate of drug-likeness (QED) is 0.775. The van der Waals surface area contributed by atoms with Crippen LogP contribution >= 0.6 is 0 Å². The van der Waals surface area contributed by atoms with Crippen LogP contribution in [0.5, 0.6) is 0 Å². The molecule has 2 aliphatic heterocycles. The molecule has 0 spiro atoms. The zero-order chi connectivity index (χ0) is 13.7. The molecule has 0 aromatic rings. The number of hydrogen-bond donors (Lipinski definition) is 1. The average molecular weight is 266 g/mol. The first-order valence-electron chi connectivity index (χ1n) is 7.37. The lowest BCUT2D eigenvalue weighted by atomic mass is 10.0. The predicted octanol–water partition coefficient (Wildman–Crippen LogP) is 0.285. The summed E-state index contributed by atoms with van der Waals surface area (Å²) in [6.45, 7) is 11.7. The highest BCUT2D eigenvalue weighted by atomic mass is 16.5. The highest BCUT2D eigenvalue weighted by molar-refractivity contribution is 5.06. The maximum Gasteiger partial charge on any atom is 0.116 e. The van der Waals surface area contributed by atoms with Gasteiger partial charge in [-0.25, -0.2) is 0 Å². The number of rotatable bonds is 5. The van der Waals surface area contributed by atoms with Crippen LogP contribution in [-0.4, -0.2) is 73.9 Å². The van der Waals surface area contributed by atoms with Crippen LogP contribution in [0, 0.1) is 11.3 Å². The zero-order valence-electron chi connectivity index (χ0n) is 12.2. The molecule has 2 unspecified atom stereocenters. The van der Waals surface area contributed by atoms with Gasteiger partial charge in [0.05, 0.1) is 19.3 Å². The molecule has 2 heterocycles. The summed E-state index contributed by atoms with van der Waals surface area (Å²) in [6, 6.07) is 3.06. The summed E-state index contributed by atoms with van der Waals surface area (Å²) in [5.41, 5.74) is -0.422. The van der Waals surface area contributed by atoms with Gasteiger partial charge in [0.25, 0.3) is 0 Å². The molecule has 0 aromatic carbocycles. The molecule has 0 radical (unpaired) electrons. The van der Waals surface area contributed by atoms with Gasteiger partial charge in [-0.2, -0.15) is 5.26 Å². The first kappa shape index (κ1) is 14.7. The van der Waals surface area contributed by atoms with Crippen molar-refractivity contribution in [3.05, 3.63) is 0 Å². The fourth-order valence-corrected chi connectivity index (χ4v) is 3.16. The van der Waals surface area contributed by atoms with Gasteiger partial charge in [-0.1, -0.05) is 6.92 Å². The normalized spacial score (nSPS) is 29.0. The predicted molar refractivity (Wildman–Crippen MR) is 74.9 cm³/mol. The third kappa shape index (κ3) is 3.90. The Morgan fingerprint density at radius 2 is 2.11 bits per heavy atom. The fourth-order valence-electron chi connectivity index (χ4n) is 3.16. The summed E-state index contributed by atoms with van der Waals surface area (Å²) in [5.74, 6) is 0. The Hall–Kier alpha value is -0.670. The van der Waals surface area contributed by atoms with Gasteiger partial charge in [0, 0.05) is 32.2 Å². The van der Waals surface area contributed by atoms with Gasteiger partial charge in [-0.15, -0.1) is 0 Å². The molecule has 2 fully saturated rings. The molecule has 0 saturated carbocycles. The lowest BCUT2D eigenvalue weighted by molar-refractivity contribution is 0.0182. The van der Waals surface area contributed by atoms with E-state index in [1.54, 1.807) is 0 Å². The zero-order valence-corrected chi connectivity index (χ0v) is 12.2. The van der Waals surface area contributed by atoms with Crippen molar-refractivity contribution in [2.75, 3.05) is 52.5 Å². The SMILES string of the molecule is CCNC(C)(C#N)CN1CCC(N2CCOCC2)C1. The van der Waals surface area contributed by atoms with Crippen LogP contribution in [0.15, 0.2) is 0 Å². The van der Waals surface area contributed by atoms with E-state index in [9.17, 15) is 5.26 Å². The molecular formula is C14H26N4O. The van der Waals surface area contributed by atoms with Crippen LogP contribution in [0.4, 0.5) is 0 Å². The number of ether oxygens (including phenoxy) is 1. The van der Waals surface area contributed by atoms with Crippen LogP contribution in [0.3, 0.4) is 0 Å². The van der Waals surface area contributed by atoms with E-state index in [-0.39, 0.29) is 0 Å². The van der Waals surface area contributed by atoms with Gasteiger partial charge in [0.1, 0.15) is 5.54 Å². The molecular weight excluding hydrogens is 240 g/mol. The largest absolute Gasteiger partial charge is 0.379 e. The molecule has 0 amide bonds. The van der Waals surface area contributed by atoms with Crippen molar-refractivity contribution in [3.8, 4) is 6.07 Å². The van der Waals surface area contributed by atoms with Crippen molar-refractivity contribution < 1.29 is 4.74 Å². The van der Waals surface area contributed by atoms with Gasteiger partial charge in [0.15, 0.2) is 0 Å². The Balaban J connectivity index is 1.82. The lowest BCUT2D eigenvalue weighted by Crippen LogP contribution is -2.51. The van der Waals surface area contributed by atoms with E-state index < -0.39 is 5.54 Å². The minimum Gasteiger partial charge on any atom is -0.379 e. The van der Waals surface area contributed by atoms with Crippen LogP contribution in [0.1, 0.15) is 20.3 Å². The standard InChI is InChI=1S/C14H26N4O/c1-3-16-14(2,11-15)12-17-5-4-13(10-17)18-6-8-19-9-7-18/h13,16H,3-10,12H2,1-2H3. The second-order valence-corrected chi connectivity index (χ2v) is 5.80. The van der Waals surface area contributed by atoms with Gasteiger partial charge in [-0.3, -0.25) is 15.1 Å². The molecule has 19 heavy (non-hydrogen) atoms. The van der Waals surface area contributed by atoms with E-state index in [0.717, 1.165) is 52.5 Å². The molecule has 2 atom stereocenters. The third-order valence-corrected chi connectivity index (χ3v) is 4.16. The summed E-state index contributed by atoms with van der Waals surface area (Å²) in [5, 5.41) is 12.6. The Morgan fingerprint density at radius 3 is 2.74 bits per heavy atom. The summed E-state index contributed by atoms with van der Waals surface area (Å²) in [6.07, 6.45) is 1.22. The van der Waals surface area contributed by atoms with E-state index in [1.807, 2.05) is 6.92 Å². The number of morpholine rings is 1. The highest BCUT2D eigenvalue weighted by Crippen LogP contribution is 2.19. The van der Waals surface area contributed by atoms with Crippen molar-refractivity contribution in [1.82, 2.24) is 15.1 Å². The Labute approximate surface area is 116 Å². The third-order valence-electron chi connectivity index (χ3n) is 4.16. The molecule has 5 nitrogen and oxygen atoms in total. The van der Waals surface area contributed by atoms with Crippen molar-refractivity contribution in [2.45, 2.75) is 31.8 Å². The molecule has 2 aliphatic rings. The molecule has 1 N–H and O–H groups in total. The summed E-state index contributed by atoms with van der Waals surface area (Å²) < 4.78 is 5.41. The van der Waals surface area contributed by atoms with Crippen LogP contribution in [0.2, 0.25) is 0 Å². The number of likely N-dealkylation sites (N-methyl/N-ethyl adjacent to an activating group) is 1. The summed E-state index contributed by atoms with van der Waals surface area (Å²) in [4.78, 5) is 4.96. The van der Waals surface area contributed by atoms with E-state index in [2.05, 4.69) is 28.1 Å². The minimum atomic E-state index is -0.422. The number of nitrogens with zero attached hydrogens (tertiary/aromatic N) is 3. The number of nitriles is 1. The Bertz CT molecular complexity index is 324. The average Bonchev–Trinajstić information content (AvgIpc) is 2.88. The van der Waals surface area contributed by atoms with Crippen molar-refractivity contribution >= 4 is 0 Å². The number of likely N-dealkylation sites (tertiary alicyclic amines) is 1. The summed E-state index contributed by atoms with van der Waals surface area (Å²) in [7, 11) is 0. The van der Waals surface area contributed by atoms with Gasteiger partial charge < -0.3 is 4.74 Å². The van der Waals surface area contributed by atoms with E-state index in [4.69, 9.17) is 4.74 Å². The number of nitrogens with one attached hydrogen (secondary N) is 1. The van der Waals surface area contributed by atoms with Gasteiger partial charge in [-0.05, 0) is 26.4 Å². The maximum atomic E-state index is 9.33. The van der Waals surface area contributed by atoms with Crippen molar-refractivity contribution in [2.24, 2.45) is 0 Å². The molecule has 0 aliphatic carbocycles. The Kier molecular flexibility index (Phi) is 5.17. The van der Waals surface area contributed by atoms with Crippen molar-refractivity contribution in [3.63, 3.8) is 0 Å². The molecule has 2 rings (SSSR count).